The lowest BCUT2D eigenvalue weighted by Gasteiger charge is -2.39. The van der Waals surface area contributed by atoms with Crippen LogP contribution in [0, 0.1) is 5.92 Å². The molecule has 1 heterocycles. The van der Waals surface area contributed by atoms with Gasteiger partial charge in [0.25, 0.3) is 0 Å². The van der Waals surface area contributed by atoms with E-state index in [0.717, 1.165) is 26.2 Å². The molecule has 0 radical (unpaired) electrons. The number of hydrogen-bond donors (Lipinski definition) is 2. The van der Waals surface area contributed by atoms with Gasteiger partial charge in [0.1, 0.15) is 5.75 Å². The number of carbonyl (C=O) groups is 1. The molecule has 0 spiro atoms. The van der Waals surface area contributed by atoms with Crippen molar-refractivity contribution in [3.05, 3.63) is 24.3 Å². The number of amides is 2. The fourth-order valence-electron chi connectivity index (χ4n) is 3.16. The minimum Gasteiger partial charge on any atom is -0.492 e. The number of rotatable bonds is 7. The summed E-state index contributed by atoms with van der Waals surface area (Å²) in [5, 5.41) is 5.93. The topological polar surface area (TPSA) is 56.8 Å². The molecule has 1 aromatic rings. The van der Waals surface area contributed by atoms with Gasteiger partial charge in [0.2, 0.25) is 0 Å². The lowest BCUT2D eigenvalue weighted by Crippen LogP contribution is -2.54. The zero-order valence-corrected chi connectivity index (χ0v) is 15.9. The highest BCUT2D eigenvalue weighted by Gasteiger charge is 2.25. The number of nitrogens with zero attached hydrogens (tertiary/aromatic N) is 2. The Labute approximate surface area is 151 Å². The van der Waals surface area contributed by atoms with Crippen LogP contribution >= 0.6 is 0 Å². The lowest BCUT2D eigenvalue weighted by atomic mass is 10.0. The molecule has 1 aromatic carbocycles. The molecule has 1 atom stereocenters. The minimum atomic E-state index is -0.188. The third-order valence-electron chi connectivity index (χ3n) is 4.68. The van der Waals surface area contributed by atoms with E-state index in [9.17, 15) is 4.79 Å². The van der Waals surface area contributed by atoms with Crippen molar-refractivity contribution in [2.75, 3.05) is 51.7 Å². The van der Waals surface area contributed by atoms with Crippen molar-refractivity contribution in [1.82, 2.24) is 15.1 Å². The van der Waals surface area contributed by atoms with E-state index in [-0.39, 0.29) is 6.03 Å². The monoisotopic (exact) mass is 348 g/mol. The maximum absolute atomic E-state index is 12.3. The van der Waals surface area contributed by atoms with Crippen LogP contribution in [0.1, 0.15) is 20.8 Å². The van der Waals surface area contributed by atoms with Crippen LogP contribution in [0.5, 0.6) is 5.75 Å². The Kier molecular flexibility index (Phi) is 7.52. The third-order valence-corrected chi connectivity index (χ3v) is 4.68. The van der Waals surface area contributed by atoms with E-state index in [1.807, 2.05) is 31.2 Å². The molecule has 2 N–H and O–H groups in total. The number of anilines is 1. The molecule has 0 bridgehead atoms. The van der Waals surface area contributed by atoms with Gasteiger partial charge in [0.05, 0.1) is 12.3 Å². The average molecular weight is 348 g/mol. The molecule has 140 valence electrons. The first-order valence-corrected chi connectivity index (χ1v) is 9.20. The van der Waals surface area contributed by atoms with Gasteiger partial charge in [-0.2, -0.15) is 0 Å². The molecule has 1 aliphatic rings. The van der Waals surface area contributed by atoms with Gasteiger partial charge in [-0.15, -0.1) is 0 Å². The number of hydrogen-bond acceptors (Lipinski definition) is 4. The Hall–Kier alpha value is -1.79. The lowest BCUT2D eigenvalue weighted by molar-refractivity contribution is 0.0890. The van der Waals surface area contributed by atoms with E-state index < -0.39 is 0 Å². The summed E-state index contributed by atoms with van der Waals surface area (Å²) in [5.41, 5.74) is 0.697. The largest absolute Gasteiger partial charge is 0.492 e. The number of nitrogens with one attached hydrogen (secondary N) is 2. The molecular formula is C19H32N4O2. The zero-order chi connectivity index (χ0) is 18.2. The molecule has 6 nitrogen and oxygen atoms in total. The molecule has 2 amide bonds. The molecule has 2 rings (SSSR count). The number of piperazine rings is 1. The summed E-state index contributed by atoms with van der Waals surface area (Å²) < 4.78 is 5.55. The number of ether oxygens (including phenoxy) is 1. The summed E-state index contributed by atoms with van der Waals surface area (Å²) in [6.07, 6.45) is 0. The van der Waals surface area contributed by atoms with Crippen molar-refractivity contribution in [1.29, 1.82) is 0 Å². The predicted molar refractivity (Wildman–Crippen MR) is 102 cm³/mol. The van der Waals surface area contributed by atoms with Crippen molar-refractivity contribution in [3.8, 4) is 5.75 Å². The Morgan fingerprint density at radius 3 is 2.52 bits per heavy atom. The zero-order valence-electron chi connectivity index (χ0n) is 15.9. The quantitative estimate of drug-likeness (QED) is 0.795. The van der Waals surface area contributed by atoms with Crippen LogP contribution in [0.15, 0.2) is 24.3 Å². The van der Waals surface area contributed by atoms with Crippen LogP contribution in [0.3, 0.4) is 0 Å². The second-order valence-electron chi connectivity index (χ2n) is 6.91. The standard InChI is InChI=1S/C19H32N4O2/c1-5-25-18-9-7-6-8-16(18)21-19(24)20-14-17(15(2)3)23-12-10-22(4)11-13-23/h6-9,15,17H,5,10-14H2,1-4H3,(H2,20,21,24)/t17-/m1/s1. The average Bonchev–Trinajstić information content (AvgIpc) is 2.58. The maximum atomic E-state index is 12.3. The number of para-hydroxylation sites is 2. The van der Waals surface area contributed by atoms with Crippen LogP contribution in [0.4, 0.5) is 10.5 Å². The molecule has 6 heteroatoms. The van der Waals surface area contributed by atoms with Gasteiger partial charge < -0.3 is 20.3 Å². The molecule has 1 fully saturated rings. The second-order valence-corrected chi connectivity index (χ2v) is 6.91. The summed E-state index contributed by atoms with van der Waals surface area (Å²) in [5.74, 6) is 1.18. The molecule has 1 saturated heterocycles. The number of benzene rings is 1. The maximum Gasteiger partial charge on any atom is 0.319 e. The molecule has 0 aromatic heterocycles. The number of carbonyl (C=O) groups excluding carboxylic acids is 1. The Bertz CT molecular complexity index is 542. The Balaban J connectivity index is 1.89. The Morgan fingerprint density at radius 2 is 1.88 bits per heavy atom. The predicted octanol–water partition coefficient (Wildman–Crippen LogP) is 2.48. The van der Waals surface area contributed by atoms with Crippen LogP contribution in [0.25, 0.3) is 0 Å². The van der Waals surface area contributed by atoms with Crippen molar-refractivity contribution >= 4 is 11.7 Å². The third kappa shape index (κ3) is 5.90. The van der Waals surface area contributed by atoms with E-state index >= 15 is 0 Å². The number of urea groups is 1. The highest BCUT2D eigenvalue weighted by molar-refractivity contribution is 5.90. The molecule has 1 aliphatic heterocycles. The molecule has 0 unspecified atom stereocenters. The van der Waals surface area contributed by atoms with E-state index in [1.165, 1.54) is 0 Å². The fraction of sp³-hybridized carbons (Fsp3) is 0.632. The first kappa shape index (κ1) is 19.5. The van der Waals surface area contributed by atoms with Gasteiger partial charge >= 0.3 is 6.03 Å². The summed E-state index contributed by atoms with van der Waals surface area (Å²) in [4.78, 5) is 17.2. The van der Waals surface area contributed by atoms with Gasteiger partial charge in [-0.3, -0.25) is 4.90 Å². The van der Waals surface area contributed by atoms with E-state index in [4.69, 9.17) is 4.74 Å². The SMILES string of the molecule is CCOc1ccccc1NC(=O)NC[C@H](C(C)C)N1CCN(C)CC1. The smallest absolute Gasteiger partial charge is 0.319 e. The molecule has 0 saturated carbocycles. The normalized spacial score (nSPS) is 17.3. The van der Waals surface area contributed by atoms with E-state index in [1.54, 1.807) is 0 Å². The van der Waals surface area contributed by atoms with Crippen LogP contribution < -0.4 is 15.4 Å². The summed E-state index contributed by atoms with van der Waals surface area (Å²) >= 11 is 0. The number of likely N-dealkylation sites (N-methyl/N-ethyl adjacent to an activating group) is 1. The van der Waals surface area contributed by atoms with Gasteiger partial charge in [0, 0.05) is 38.8 Å². The summed E-state index contributed by atoms with van der Waals surface area (Å²) in [7, 11) is 2.16. The van der Waals surface area contributed by atoms with Gasteiger partial charge in [-0.1, -0.05) is 26.0 Å². The van der Waals surface area contributed by atoms with Crippen LogP contribution in [-0.2, 0) is 0 Å². The van der Waals surface area contributed by atoms with Crippen molar-refractivity contribution < 1.29 is 9.53 Å². The molecule has 0 aliphatic carbocycles. The first-order chi connectivity index (χ1) is 12.0. The van der Waals surface area contributed by atoms with Gasteiger partial charge in [-0.25, -0.2) is 4.79 Å². The first-order valence-electron chi connectivity index (χ1n) is 9.20. The van der Waals surface area contributed by atoms with Crippen LogP contribution in [0.2, 0.25) is 0 Å². The van der Waals surface area contributed by atoms with Crippen molar-refractivity contribution in [2.45, 2.75) is 26.8 Å². The fourth-order valence-corrected chi connectivity index (χ4v) is 3.16. The second kappa shape index (κ2) is 9.63. The Morgan fingerprint density at radius 1 is 1.20 bits per heavy atom. The van der Waals surface area contributed by atoms with Crippen LogP contribution in [-0.4, -0.2) is 68.3 Å². The van der Waals surface area contributed by atoms with Gasteiger partial charge in [0.15, 0.2) is 0 Å². The molecule has 25 heavy (non-hydrogen) atoms. The van der Waals surface area contributed by atoms with Crippen molar-refractivity contribution in [2.24, 2.45) is 5.92 Å². The van der Waals surface area contributed by atoms with E-state index in [0.29, 0.717) is 36.5 Å². The van der Waals surface area contributed by atoms with Crippen molar-refractivity contribution in [3.63, 3.8) is 0 Å². The summed E-state index contributed by atoms with van der Waals surface area (Å²) in [6.45, 7) is 11.8. The summed E-state index contributed by atoms with van der Waals surface area (Å²) in [6, 6.07) is 7.66. The minimum absolute atomic E-state index is 0.188. The molecular weight excluding hydrogens is 316 g/mol. The van der Waals surface area contributed by atoms with E-state index in [2.05, 4.69) is 41.3 Å². The highest BCUT2D eigenvalue weighted by Crippen LogP contribution is 2.23. The van der Waals surface area contributed by atoms with Gasteiger partial charge in [-0.05, 0) is 32.0 Å². The highest BCUT2D eigenvalue weighted by atomic mass is 16.5.